The first kappa shape index (κ1) is 11.5. The summed E-state index contributed by atoms with van der Waals surface area (Å²) < 4.78 is 0. The average molecular weight is 220 g/mol. The number of hydrogen-bond donors (Lipinski definition) is 2. The minimum Gasteiger partial charge on any atom is -0.508 e. The fourth-order valence-corrected chi connectivity index (χ4v) is 2.29. The highest BCUT2D eigenvalue weighted by molar-refractivity contribution is 5.28. The van der Waals surface area contributed by atoms with Gasteiger partial charge < -0.3 is 10.2 Å². The molecule has 0 radical (unpaired) electrons. The number of phenols is 1. The Morgan fingerprint density at radius 1 is 1.25 bits per heavy atom. The Hall–Kier alpha value is -1.02. The maximum atomic E-state index is 9.99. The Bertz CT molecular complexity index is 338. The summed E-state index contributed by atoms with van der Waals surface area (Å²) in [6.45, 7) is 2.17. The summed E-state index contributed by atoms with van der Waals surface area (Å²) in [4.78, 5) is 0. The van der Waals surface area contributed by atoms with Gasteiger partial charge in [-0.1, -0.05) is 25.5 Å². The lowest BCUT2D eigenvalue weighted by Crippen LogP contribution is -2.13. The Morgan fingerprint density at radius 3 is 2.38 bits per heavy atom. The Balaban J connectivity index is 2.08. The highest BCUT2D eigenvalue weighted by Gasteiger charge is 2.41. The largest absolute Gasteiger partial charge is 0.508 e. The van der Waals surface area contributed by atoms with Crippen molar-refractivity contribution < 1.29 is 10.2 Å². The van der Waals surface area contributed by atoms with Gasteiger partial charge in [-0.15, -0.1) is 0 Å². The van der Waals surface area contributed by atoms with Crippen molar-refractivity contribution in [2.75, 3.05) is 0 Å². The zero-order chi connectivity index (χ0) is 11.6. The molecular weight excluding hydrogens is 200 g/mol. The van der Waals surface area contributed by atoms with Gasteiger partial charge in [-0.05, 0) is 49.3 Å². The molecule has 2 nitrogen and oxygen atoms in total. The van der Waals surface area contributed by atoms with E-state index in [1.165, 1.54) is 5.56 Å². The molecular formula is C14H20O2. The molecule has 0 aliphatic heterocycles. The highest BCUT2D eigenvalue weighted by atomic mass is 16.3. The van der Waals surface area contributed by atoms with E-state index < -0.39 is 5.60 Å². The van der Waals surface area contributed by atoms with Gasteiger partial charge in [0.1, 0.15) is 5.75 Å². The first-order valence-corrected chi connectivity index (χ1v) is 6.14. The maximum Gasteiger partial charge on any atom is 0.115 e. The molecule has 1 saturated carbocycles. The van der Waals surface area contributed by atoms with Crippen LogP contribution in [0.5, 0.6) is 5.75 Å². The summed E-state index contributed by atoms with van der Waals surface area (Å²) in [5, 5.41) is 19.3. The molecule has 0 bridgehead atoms. The molecule has 16 heavy (non-hydrogen) atoms. The Kier molecular flexibility index (Phi) is 3.20. The molecule has 1 aliphatic carbocycles. The van der Waals surface area contributed by atoms with Crippen molar-refractivity contribution in [2.45, 2.75) is 50.5 Å². The van der Waals surface area contributed by atoms with E-state index in [9.17, 15) is 10.2 Å². The van der Waals surface area contributed by atoms with Crippen molar-refractivity contribution >= 4 is 0 Å². The molecule has 1 aliphatic rings. The van der Waals surface area contributed by atoms with E-state index in [-0.39, 0.29) is 0 Å². The molecule has 0 aromatic heterocycles. The number of aliphatic hydroxyl groups is 1. The van der Waals surface area contributed by atoms with Crippen molar-refractivity contribution in [3.05, 3.63) is 29.8 Å². The number of rotatable bonds is 5. The second-order valence-corrected chi connectivity index (χ2v) is 5.01. The second-order valence-electron chi connectivity index (χ2n) is 5.01. The van der Waals surface area contributed by atoms with Crippen LogP contribution < -0.4 is 0 Å². The monoisotopic (exact) mass is 220 g/mol. The topological polar surface area (TPSA) is 40.5 Å². The predicted octanol–water partition coefficient (Wildman–Crippen LogP) is 3.19. The SMILES string of the molecule is CCCC(CC1(O)CC1)c1ccc(O)cc1. The molecule has 1 fully saturated rings. The first-order valence-electron chi connectivity index (χ1n) is 6.14. The van der Waals surface area contributed by atoms with Crippen LogP contribution in [0.4, 0.5) is 0 Å². The van der Waals surface area contributed by atoms with Crippen molar-refractivity contribution in [1.29, 1.82) is 0 Å². The molecule has 1 unspecified atom stereocenters. The van der Waals surface area contributed by atoms with Crippen molar-refractivity contribution in [1.82, 2.24) is 0 Å². The number of hydrogen-bond acceptors (Lipinski definition) is 2. The summed E-state index contributed by atoms with van der Waals surface area (Å²) >= 11 is 0. The van der Waals surface area contributed by atoms with Gasteiger partial charge in [0, 0.05) is 0 Å². The first-order chi connectivity index (χ1) is 7.63. The van der Waals surface area contributed by atoms with Gasteiger partial charge in [0.2, 0.25) is 0 Å². The molecule has 0 heterocycles. The van der Waals surface area contributed by atoms with E-state index in [0.29, 0.717) is 11.7 Å². The molecule has 0 spiro atoms. The molecule has 1 aromatic carbocycles. The van der Waals surface area contributed by atoms with Gasteiger partial charge in [-0.2, -0.15) is 0 Å². The minimum absolute atomic E-state index is 0.309. The molecule has 2 rings (SSSR count). The third-order valence-electron chi connectivity index (χ3n) is 3.46. The minimum atomic E-state index is -0.391. The summed E-state index contributed by atoms with van der Waals surface area (Å²) in [6, 6.07) is 7.41. The summed E-state index contributed by atoms with van der Waals surface area (Å²) in [6.07, 6.45) is 5.00. The molecule has 88 valence electrons. The number of aromatic hydroxyl groups is 1. The number of benzene rings is 1. The second kappa shape index (κ2) is 4.46. The van der Waals surface area contributed by atoms with Crippen LogP contribution in [0.2, 0.25) is 0 Å². The van der Waals surface area contributed by atoms with E-state index >= 15 is 0 Å². The Labute approximate surface area is 96.9 Å². The predicted molar refractivity (Wildman–Crippen MR) is 64.6 cm³/mol. The quantitative estimate of drug-likeness (QED) is 0.800. The molecule has 1 aromatic rings. The van der Waals surface area contributed by atoms with Crippen LogP contribution in [0.25, 0.3) is 0 Å². The van der Waals surface area contributed by atoms with Gasteiger partial charge in [0.05, 0.1) is 5.60 Å². The van der Waals surface area contributed by atoms with Gasteiger partial charge in [0.15, 0.2) is 0 Å². The zero-order valence-corrected chi connectivity index (χ0v) is 9.82. The fraction of sp³-hybridized carbons (Fsp3) is 0.571. The van der Waals surface area contributed by atoms with Crippen molar-refractivity contribution in [3.63, 3.8) is 0 Å². The van der Waals surface area contributed by atoms with Gasteiger partial charge in [-0.3, -0.25) is 0 Å². The lowest BCUT2D eigenvalue weighted by Gasteiger charge is -2.20. The molecule has 2 heteroatoms. The van der Waals surface area contributed by atoms with E-state index in [0.717, 1.165) is 32.1 Å². The molecule has 1 atom stereocenters. The normalized spacial score (nSPS) is 19.4. The summed E-state index contributed by atoms with van der Waals surface area (Å²) in [7, 11) is 0. The third kappa shape index (κ3) is 2.76. The van der Waals surface area contributed by atoms with Crippen molar-refractivity contribution in [3.8, 4) is 5.75 Å². The number of phenolic OH excluding ortho intramolecular Hbond substituents is 1. The van der Waals surface area contributed by atoms with E-state index in [1.807, 2.05) is 12.1 Å². The summed E-state index contributed by atoms with van der Waals surface area (Å²) in [5.41, 5.74) is 0.845. The van der Waals surface area contributed by atoms with Crippen LogP contribution in [0.1, 0.15) is 50.5 Å². The third-order valence-corrected chi connectivity index (χ3v) is 3.46. The fourth-order valence-electron chi connectivity index (χ4n) is 2.29. The summed E-state index contributed by atoms with van der Waals surface area (Å²) in [5.74, 6) is 0.738. The highest BCUT2D eigenvalue weighted by Crippen LogP contribution is 2.44. The molecule has 0 amide bonds. The van der Waals surface area contributed by atoms with Crippen LogP contribution in [0.3, 0.4) is 0 Å². The lowest BCUT2D eigenvalue weighted by atomic mass is 9.88. The van der Waals surface area contributed by atoms with E-state index in [4.69, 9.17) is 0 Å². The average Bonchev–Trinajstić information content (AvgIpc) is 2.97. The van der Waals surface area contributed by atoms with E-state index in [2.05, 4.69) is 6.92 Å². The van der Waals surface area contributed by atoms with Crippen LogP contribution >= 0.6 is 0 Å². The van der Waals surface area contributed by atoms with Crippen LogP contribution in [0.15, 0.2) is 24.3 Å². The standard InChI is InChI=1S/C14H20O2/c1-2-3-12(10-14(16)8-9-14)11-4-6-13(15)7-5-11/h4-7,12,15-16H,2-3,8-10H2,1H3. The van der Waals surface area contributed by atoms with Gasteiger partial charge >= 0.3 is 0 Å². The van der Waals surface area contributed by atoms with Crippen molar-refractivity contribution in [2.24, 2.45) is 0 Å². The van der Waals surface area contributed by atoms with Gasteiger partial charge in [-0.25, -0.2) is 0 Å². The zero-order valence-electron chi connectivity index (χ0n) is 9.82. The van der Waals surface area contributed by atoms with Crippen LogP contribution in [-0.4, -0.2) is 15.8 Å². The van der Waals surface area contributed by atoms with Gasteiger partial charge in [0.25, 0.3) is 0 Å². The van der Waals surface area contributed by atoms with Crippen LogP contribution in [-0.2, 0) is 0 Å². The van der Waals surface area contributed by atoms with Crippen LogP contribution in [0, 0.1) is 0 Å². The molecule has 2 N–H and O–H groups in total. The Morgan fingerprint density at radius 2 is 1.88 bits per heavy atom. The lowest BCUT2D eigenvalue weighted by molar-refractivity contribution is 0.129. The smallest absolute Gasteiger partial charge is 0.115 e. The maximum absolute atomic E-state index is 9.99. The molecule has 0 saturated heterocycles. The van der Waals surface area contributed by atoms with E-state index in [1.54, 1.807) is 12.1 Å².